The lowest BCUT2D eigenvalue weighted by Crippen LogP contribution is -1.96. The van der Waals surface area contributed by atoms with E-state index in [0.29, 0.717) is 16.1 Å². The van der Waals surface area contributed by atoms with Gasteiger partial charge in [0.25, 0.3) is 0 Å². The van der Waals surface area contributed by atoms with Crippen LogP contribution in [0, 0.1) is 5.82 Å². The smallest absolute Gasteiger partial charge is 0.225 e. The zero-order valence-electron chi connectivity index (χ0n) is 9.49. The molecule has 1 aliphatic carbocycles. The van der Waals surface area contributed by atoms with Gasteiger partial charge in [-0.05, 0) is 53.4 Å². The van der Waals surface area contributed by atoms with E-state index in [4.69, 9.17) is 4.74 Å². The van der Waals surface area contributed by atoms with E-state index in [2.05, 4.69) is 25.9 Å². The minimum atomic E-state index is -0.310. The quantitative estimate of drug-likeness (QED) is 0.849. The zero-order chi connectivity index (χ0) is 12.5. The van der Waals surface area contributed by atoms with Crippen LogP contribution >= 0.6 is 15.9 Å². The first-order valence-corrected chi connectivity index (χ1v) is 6.49. The van der Waals surface area contributed by atoms with Gasteiger partial charge in [-0.15, -0.1) is 0 Å². The van der Waals surface area contributed by atoms with Crippen LogP contribution in [-0.4, -0.2) is 9.97 Å². The second-order valence-electron chi connectivity index (χ2n) is 4.14. The highest BCUT2D eigenvalue weighted by molar-refractivity contribution is 9.10. The van der Waals surface area contributed by atoms with Crippen LogP contribution in [0.25, 0.3) is 0 Å². The number of hydrogen-bond acceptors (Lipinski definition) is 3. The van der Waals surface area contributed by atoms with E-state index in [1.165, 1.54) is 12.4 Å². The van der Waals surface area contributed by atoms with Crippen molar-refractivity contribution in [2.24, 2.45) is 0 Å². The van der Waals surface area contributed by atoms with Crippen molar-refractivity contribution in [2.45, 2.75) is 19.3 Å². The maximum absolute atomic E-state index is 13.1. The van der Waals surface area contributed by atoms with Crippen molar-refractivity contribution in [3.8, 4) is 11.6 Å². The molecule has 3 nitrogen and oxygen atoms in total. The average Bonchev–Trinajstić information content (AvgIpc) is 2.83. The monoisotopic (exact) mass is 308 g/mol. The molecule has 0 fully saturated rings. The lowest BCUT2D eigenvalue weighted by atomic mass is 10.2. The summed E-state index contributed by atoms with van der Waals surface area (Å²) in [6.45, 7) is 0. The lowest BCUT2D eigenvalue weighted by Gasteiger charge is -2.08. The van der Waals surface area contributed by atoms with Crippen molar-refractivity contribution < 1.29 is 9.13 Å². The summed E-state index contributed by atoms with van der Waals surface area (Å²) in [4.78, 5) is 8.39. The molecule has 92 valence electrons. The minimum absolute atomic E-state index is 0.310. The number of halogens is 2. The first-order chi connectivity index (χ1) is 8.74. The Kier molecular flexibility index (Phi) is 2.99. The molecular weight excluding hydrogens is 299 g/mol. The summed E-state index contributed by atoms with van der Waals surface area (Å²) >= 11 is 3.13. The van der Waals surface area contributed by atoms with Crippen LogP contribution in [0.2, 0.25) is 0 Å². The maximum Gasteiger partial charge on any atom is 0.225 e. The average molecular weight is 309 g/mol. The number of aromatic nitrogens is 2. The molecule has 2 aromatic rings. The van der Waals surface area contributed by atoms with Crippen LogP contribution in [0.4, 0.5) is 4.39 Å². The molecule has 0 bridgehead atoms. The largest absolute Gasteiger partial charge is 0.439 e. The lowest BCUT2D eigenvalue weighted by molar-refractivity contribution is 0.453. The maximum atomic E-state index is 13.1. The Hall–Kier alpha value is -1.49. The fraction of sp³-hybridized carbons (Fsp3) is 0.231. The Labute approximate surface area is 112 Å². The number of fused-ring (bicyclic) bond motifs is 1. The van der Waals surface area contributed by atoms with Crippen molar-refractivity contribution in [2.75, 3.05) is 0 Å². The minimum Gasteiger partial charge on any atom is -0.439 e. The normalized spacial score (nSPS) is 13.4. The number of rotatable bonds is 2. The van der Waals surface area contributed by atoms with Gasteiger partial charge in [-0.25, -0.2) is 14.4 Å². The third kappa shape index (κ3) is 2.10. The molecule has 0 saturated heterocycles. The van der Waals surface area contributed by atoms with Gasteiger partial charge in [0.15, 0.2) is 0 Å². The summed E-state index contributed by atoms with van der Waals surface area (Å²) in [5.41, 5.74) is 2.12. The van der Waals surface area contributed by atoms with E-state index >= 15 is 0 Å². The topological polar surface area (TPSA) is 35.0 Å². The second kappa shape index (κ2) is 4.65. The van der Waals surface area contributed by atoms with E-state index in [9.17, 15) is 4.39 Å². The SMILES string of the molecule is Fc1ccc(Oc2ncnc3c2CCC3)cc1Br. The molecule has 0 aliphatic heterocycles. The molecule has 18 heavy (non-hydrogen) atoms. The van der Waals surface area contributed by atoms with Crippen molar-refractivity contribution >= 4 is 15.9 Å². The number of benzene rings is 1. The van der Waals surface area contributed by atoms with Crippen LogP contribution in [-0.2, 0) is 12.8 Å². The number of nitrogens with zero attached hydrogens (tertiary/aromatic N) is 2. The van der Waals surface area contributed by atoms with Gasteiger partial charge in [0.05, 0.1) is 10.2 Å². The van der Waals surface area contributed by atoms with E-state index in [0.717, 1.165) is 30.5 Å². The highest BCUT2D eigenvalue weighted by Gasteiger charge is 2.18. The van der Waals surface area contributed by atoms with Crippen LogP contribution in [0.15, 0.2) is 29.0 Å². The summed E-state index contributed by atoms with van der Waals surface area (Å²) in [5.74, 6) is 0.836. The van der Waals surface area contributed by atoms with Gasteiger partial charge in [0.2, 0.25) is 5.88 Å². The van der Waals surface area contributed by atoms with E-state index in [1.807, 2.05) is 0 Å². The standard InChI is InChI=1S/C13H10BrFN2O/c14-10-6-8(4-5-11(10)15)18-13-9-2-1-3-12(9)16-7-17-13/h4-7H,1-3H2. The number of aryl methyl sites for hydroxylation is 1. The van der Waals surface area contributed by atoms with Crippen LogP contribution in [0.3, 0.4) is 0 Å². The van der Waals surface area contributed by atoms with Crippen LogP contribution in [0.1, 0.15) is 17.7 Å². The highest BCUT2D eigenvalue weighted by Crippen LogP contribution is 2.31. The van der Waals surface area contributed by atoms with Gasteiger partial charge >= 0.3 is 0 Å². The highest BCUT2D eigenvalue weighted by atomic mass is 79.9. The molecule has 0 atom stereocenters. The summed E-state index contributed by atoms with van der Waals surface area (Å²) in [6.07, 6.45) is 4.50. The van der Waals surface area contributed by atoms with Gasteiger partial charge in [-0.2, -0.15) is 0 Å². The third-order valence-corrected chi connectivity index (χ3v) is 3.55. The molecule has 0 amide bonds. The van der Waals surface area contributed by atoms with E-state index < -0.39 is 0 Å². The molecule has 0 saturated carbocycles. The molecule has 1 aromatic carbocycles. The first-order valence-electron chi connectivity index (χ1n) is 5.69. The van der Waals surface area contributed by atoms with Crippen molar-refractivity contribution in [1.29, 1.82) is 0 Å². The fourth-order valence-corrected chi connectivity index (χ4v) is 2.43. The number of ether oxygens (including phenoxy) is 1. The molecule has 5 heteroatoms. The summed E-state index contributed by atoms with van der Waals surface area (Å²) < 4.78 is 19.2. The first kappa shape index (κ1) is 11.6. The molecule has 0 radical (unpaired) electrons. The van der Waals surface area contributed by atoms with Gasteiger partial charge < -0.3 is 4.74 Å². The summed E-state index contributed by atoms with van der Waals surface area (Å²) in [5, 5.41) is 0. The molecule has 1 heterocycles. The van der Waals surface area contributed by atoms with Crippen molar-refractivity contribution in [3.05, 3.63) is 46.1 Å². The van der Waals surface area contributed by atoms with Crippen molar-refractivity contribution in [1.82, 2.24) is 9.97 Å². The Morgan fingerprint density at radius 3 is 2.94 bits per heavy atom. The third-order valence-electron chi connectivity index (χ3n) is 2.94. The van der Waals surface area contributed by atoms with Crippen molar-refractivity contribution in [3.63, 3.8) is 0 Å². The zero-order valence-corrected chi connectivity index (χ0v) is 11.1. The van der Waals surface area contributed by atoms with Gasteiger partial charge in [0.1, 0.15) is 17.9 Å². The summed E-state index contributed by atoms with van der Waals surface area (Å²) in [7, 11) is 0. The molecule has 0 N–H and O–H groups in total. The Morgan fingerprint density at radius 1 is 1.22 bits per heavy atom. The second-order valence-corrected chi connectivity index (χ2v) is 4.99. The Bertz CT molecular complexity index is 604. The summed E-state index contributed by atoms with van der Waals surface area (Å²) in [6, 6.07) is 4.54. The Morgan fingerprint density at radius 2 is 2.11 bits per heavy atom. The van der Waals surface area contributed by atoms with Gasteiger partial charge in [-0.3, -0.25) is 0 Å². The van der Waals surface area contributed by atoms with Crippen LogP contribution < -0.4 is 4.74 Å². The molecule has 0 unspecified atom stereocenters. The predicted octanol–water partition coefficient (Wildman–Crippen LogP) is 3.66. The van der Waals surface area contributed by atoms with Crippen LogP contribution in [0.5, 0.6) is 11.6 Å². The molecule has 1 aliphatic rings. The van der Waals surface area contributed by atoms with Gasteiger partial charge in [0, 0.05) is 5.56 Å². The van der Waals surface area contributed by atoms with Gasteiger partial charge in [-0.1, -0.05) is 0 Å². The fourth-order valence-electron chi connectivity index (χ4n) is 2.07. The molecular formula is C13H10BrFN2O. The predicted molar refractivity (Wildman–Crippen MR) is 68.2 cm³/mol. The van der Waals surface area contributed by atoms with E-state index in [1.54, 1.807) is 12.1 Å². The molecule has 1 aromatic heterocycles. The molecule has 3 rings (SSSR count). The Balaban J connectivity index is 1.93. The number of hydrogen-bond donors (Lipinski definition) is 0. The van der Waals surface area contributed by atoms with E-state index in [-0.39, 0.29) is 5.82 Å². The molecule has 0 spiro atoms.